The first-order chi connectivity index (χ1) is 16.6. The van der Waals surface area contributed by atoms with Crippen molar-refractivity contribution in [3.63, 3.8) is 0 Å². The number of benzene rings is 2. The Morgan fingerprint density at radius 1 is 1.11 bits per heavy atom. The lowest BCUT2D eigenvalue weighted by atomic mass is 9.80. The number of carboxylic acids is 1. The first-order valence-electron chi connectivity index (χ1n) is 11.7. The summed E-state index contributed by atoms with van der Waals surface area (Å²) in [6, 6.07) is 9.40. The Morgan fingerprint density at radius 3 is 2.40 bits per heavy atom. The van der Waals surface area contributed by atoms with Gasteiger partial charge in [-0.15, -0.1) is 0 Å². The quantitative estimate of drug-likeness (QED) is 0.403. The van der Waals surface area contributed by atoms with Gasteiger partial charge in [-0.2, -0.15) is 5.10 Å². The van der Waals surface area contributed by atoms with Crippen LogP contribution in [0.4, 0.5) is 8.78 Å². The van der Waals surface area contributed by atoms with Crippen molar-refractivity contribution in [2.75, 3.05) is 6.54 Å². The van der Waals surface area contributed by atoms with E-state index in [-0.39, 0.29) is 23.8 Å². The lowest BCUT2D eigenvalue weighted by Gasteiger charge is -2.27. The molecular weight excluding hydrogens is 476 g/mol. The van der Waals surface area contributed by atoms with Gasteiger partial charge in [0.2, 0.25) is 0 Å². The maximum atomic E-state index is 13.5. The number of fused-ring (bicyclic) bond motifs is 1. The van der Waals surface area contributed by atoms with Crippen molar-refractivity contribution in [3.8, 4) is 0 Å². The van der Waals surface area contributed by atoms with Crippen molar-refractivity contribution in [2.24, 2.45) is 11.8 Å². The van der Waals surface area contributed by atoms with E-state index in [0.717, 1.165) is 38.2 Å². The highest BCUT2D eigenvalue weighted by Crippen LogP contribution is 2.31. The molecule has 1 aliphatic rings. The van der Waals surface area contributed by atoms with Crippen LogP contribution in [0.2, 0.25) is 5.02 Å². The molecular formula is C26H28ClF2N3O3. The third-order valence-corrected chi connectivity index (χ3v) is 7.08. The van der Waals surface area contributed by atoms with Gasteiger partial charge in [0.25, 0.3) is 11.8 Å². The molecule has 0 radical (unpaired) electrons. The van der Waals surface area contributed by atoms with E-state index in [2.05, 4.69) is 10.4 Å². The third-order valence-electron chi connectivity index (χ3n) is 6.77. The lowest BCUT2D eigenvalue weighted by molar-refractivity contribution is -0.138. The second-order valence-corrected chi connectivity index (χ2v) is 9.85. The summed E-state index contributed by atoms with van der Waals surface area (Å²) in [5.74, 6) is -3.33. The number of alkyl halides is 2. The number of halogens is 3. The first kappa shape index (κ1) is 25.1. The van der Waals surface area contributed by atoms with Gasteiger partial charge in [0.1, 0.15) is 0 Å². The van der Waals surface area contributed by atoms with E-state index in [1.807, 2.05) is 0 Å². The molecule has 1 saturated carbocycles. The highest BCUT2D eigenvalue weighted by molar-refractivity contribution is 6.35. The van der Waals surface area contributed by atoms with Gasteiger partial charge in [-0.05, 0) is 55.2 Å². The molecule has 6 nitrogen and oxygen atoms in total. The molecule has 2 aromatic carbocycles. The molecule has 0 atom stereocenters. The van der Waals surface area contributed by atoms with Crippen LogP contribution in [0, 0.1) is 11.8 Å². The predicted octanol–water partition coefficient (Wildman–Crippen LogP) is 5.86. The molecule has 3 aromatic rings. The van der Waals surface area contributed by atoms with Gasteiger partial charge in [0.05, 0.1) is 28.8 Å². The molecule has 35 heavy (non-hydrogen) atoms. The number of aromatic nitrogens is 2. The zero-order chi connectivity index (χ0) is 25.2. The van der Waals surface area contributed by atoms with Gasteiger partial charge in [-0.25, -0.2) is 8.78 Å². The second-order valence-electron chi connectivity index (χ2n) is 9.44. The summed E-state index contributed by atoms with van der Waals surface area (Å²) in [6.07, 6.45) is 5.33. The highest BCUT2D eigenvalue weighted by Gasteiger charge is 2.25. The zero-order valence-electron chi connectivity index (χ0n) is 19.4. The number of nitrogens with one attached hydrogen (secondary N) is 1. The predicted molar refractivity (Wildman–Crippen MR) is 130 cm³/mol. The Kier molecular flexibility index (Phi) is 7.40. The molecule has 0 unspecified atom stereocenters. The van der Waals surface area contributed by atoms with Crippen LogP contribution in [-0.4, -0.2) is 33.3 Å². The molecule has 9 heteroatoms. The van der Waals surface area contributed by atoms with E-state index < -0.39 is 11.9 Å². The molecule has 186 valence electrons. The average Bonchev–Trinajstić information content (AvgIpc) is 3.22. The van der Waals surface area contributed by atoms with E-state index in [1.54, 1.807) is 35.1 Å². The van der Waals surface area contributed by atoms with Crippen LogP contribution in [0.5, 0.6) is 0 Å². The monoisotopic (exact) mass is 503 g/mol. The van der Waals surface area contributed by atoms with E-state index in [0.29, 0.717) is 40.5 Å². The molecule has 1 aliphatic carbocycles. The van der Waals surface area contributed by atoms with Gasteiger partial charge in [-0.3, -0.25) is 14.3 Å². The largest absolute Gasteiger partial charge is 0.481 e. The SMILES string of the molecule is CC(F)(F)c1ccc(Cn2ncc3c(C(=O)NCC4CCC(CC(=O)O)CC4)ccc(Cl)c32)cc1. The second kappa shape index (κ2) is 10.3. The van der Waals surface area contributed by atoms with Crippen LogP contribution in [0.1, 0.15) is 60.5 Å². The van der Waals surface area contributed by atoms with Gasteiger partial charge < -0.3 is 10.4 Å². The molecule has 1 fully saturated rings. The lowest BCUT2D eigenvalue weighted by Crippen LogP contribution is -2.31. The summed E-state index contributed by atoms with van der Waals surface area (Å²) in [5.41, 5.74) is 1.81. The smallest absolute Gasteiger partial charge is 0.303 e. The minimum Gasteiger partial charge on any atom is -0.481 e. The fourth-order valence-electron chi connectivity index (χ4n) is 4.77. The number of hydrogen-bond donors (Lipinski definition) is 2. The summed E-state index contributed by atoms with van der Waals surface area (Å²) in [5, 5.41) is 17.4. The zero-order valence-corrected chi connectivity index (χ0v) is 20.2. The van der Waals surface area contributed by atoms with E-state index in [4.69, 9.17) is 16.7 Å². The Bertz CT molecular complexity index is 1210. The summed E-state index contributed by atoms with van der Waals surface area (Å²) < 4.78 is 28.7. The molecule has 0 aliphatic heterocycles. The fourth-order valence-corrected chi connectivity index (χ4v) is 5.03. The van der Waals surface area contributed by atoms with Crippen molar-refractivity contribution in [1.29, 1.82) is 0 Å². The third kappa shape index (κ3) is 5.99. The van der Waals surface area contributed by atoms with Gasteiger partial charge in [-0.1, -0.05) is 35.9 Å². The van der Waals surface area contributed by atoms with Gasteiger partial charge in [0.15, 0.2) is 0 Å². The normalized spacial score (nSPS) is 18.5. The standard InChI is InChI=1S/C26H28ClF2N3O3/c1-26(28,29)19-8-6-18(7-9-19)15-32-24-21(14-31-32)20(10-11-22(24)27)25(35)30-13-17-4-2-16(3-5-17)12-23(33)34/h6-11,14,16-17H,2-5,12-13,15H2,1H3,(H,30,35)(H,33,34). The van der Waals surface area contributed by atoms with Gasteiger partial charge >= 0.3 is 5.97 Å². The Labute approximate surface area is 207 Å². The minimum atomic E-state index is -2.90. The van der Waals surface area contributed by atoms with Gasteiger partial charge in [0, 0.05) is 30.8 Å². The molecule has 1 amide bonds. The number of carbonyl (C=O) groups excluding carboxylic acids is 1. The number of amides is 1. The summed E-state index contributed by atoms with van der Waals surface area (Å²) in [6.45, 7) is 1.72. The first-order valence-corrected chi connectivity index (χ1v) is 12.1. The average molecular weight is 504 g/mol. The van der Waals surface area contributed by atoms with Crippen LogP contribution in [-0.2, 0) is 17.3 Å². The van der Waals surface area contributed by atoms with Crippen LogP contribution in [0.15, 0.2) is 42.6 Å². The number of hydrogen-bond acceptors (Lipinski definition) is 3. The summed E-state index contributed by atoms with van der Waals surface area (Å²) >= 11 is 6.45. The Balaban J connectivity index is 1.44. The maximum Gasteiger partial charge on any atom is 0.303 e. The van der Waals surface area contributed by atoms with E-state index in [9.17, 15) is 18.4 Å². The van der Waals surface area contributed by atoms with Crippen LogP contribution in [0.3, 0.4) is 0 Å². The number of nitrogens with zero attached hydrogens (tertiary/aromatic N) is 2. The highest BCUT2D eigenvalue weighted by atomic mass is 35.5. The van der Waals surface area contributed by atoms with E-state index in [1.165, 1.54) is 12.1 Å². The van der Waals surface area contributed by atoms with Crippen molar-refractivity contribution in [1.82, 2.24) is 15.1 Å². The summed E-state index contributed by atoms with van der Waals surface area (Å²) in [4.78, 5) is 23.9. The molecule has 1 aromatic heterocycles. The van der Waals surface area contributed by atoms with Crippen molar-refractivity contribution in [2.45, 2.75) is 51.5 Å². The number of rotatable bonds is 8. The molecule has 2 N–H and O–H groups in total. The molecule has 0 spiro atoms. The Morgan fingerprint density at radius 2 is 1.77 bits per heavy atom. The van der Waals surface area contributed by atoms with E-state index >= 15 is 0 Å². The molecule has 1 heterocycles. The van der Waals surface area contributed by atoms with Crippen LogP contribution < -0.4 is 5.32 Å². The topological polar surface area (TPSA) is 84.2 Å². The molecule has 4 rings (SSSR count). The van der Waals surface area contributed by atoms with Crippen molar-refractivity contribution in [3.05, 3.63) is 64.3 Å². The maximum absolute atomic E-state index is 13.5. The molecule has 0 bridgehead atoms. The van der Waals surface area contributed by atoms with Crippen LogP contribution >= 0.6 is 11.6 Å². The van der Waals surface area contributed by atoms with Crippen molar-refractivity contribution >= 4 is 34.4 Å². The Hall–Kier alpha value is -3.00. The fraction of sp³-hybridized carbons (Fsp3) is 0.423. The molecule has 0 saturated heterocycles. The van der Waals surface area contributed by atoms with Crippen molar-refractivity contribution < 1.29 is 23.5 Å². The summed E-state index contributed by atoms with van der Waals surface area (Å²) in [7, 11) is 0. The minimum absolute atomic E-state index is 0.0565. The number of carboxylic acid groups (broad SMARTS) is 1. The number of aliphatic carboxylic acids is 1. The number of carbonyl (C=O) groups is 2. The van der Waals surface area contributed by atoms with Crippen LogP contribution in [0.25, 0.3) is 10.9 Å².